The van der Waals surface area contributed by atoms with Crippen LogP contribution in [-0.4, -0.2) is 29.3 Å². The second-order valence-electron chi connectivity index (χ2n) is 6.84. The van der Waals surface area contributed by atoms with Gasteiger partial charge >= 0.3 is 0 Å². The smallest absolute Gasteiger partial charge is 0.261 e. The van der Waals surface area contributed by atoms with Crippen LogP contribution in [0.4, 0.5) is 5.69 Å². The van der Waals surface area contributed by atoms with Gasteiger partial charge < -0.3 is 5.32 Å². The van der Waals surface area contributed by atoms with Crippen LogP contribution in [0.25, 0.3) is 0 Å². The van der Waals surface area contributed by atoms with Gasteiger partial charge in [-0.25, -0.2) is 22.0 Å². The largest absolute Gasteiger partial charge is 0.352 e. The Balaban J connectivity index is 1.63. The summed E-state index contributed by atoms with van der Waals surface area (Å²) in [6, 6.07) is 18.0. The van der Waals surface area contributed by atoms with Crippen molar-refractivity contribution in [2.45, 2.75) is 16.2 Å². The first-order valence-corrected chi connectivity index (χ1v) is 12.7. The van der Waals surface area contributed by atoms with Crippen molar-refractivity contribution in [3.63, 3.8) is 0 Å². The molecule has 32 heavy (non-hydrogen) atoms. The quantitative estimate of drug-likeness (QED) is 0.443. The Morgan fingerprint density at radius 3 is 2.22 bits per heavy atom. The third kappa shape index (κ3) is 6.30. The highest BCUT2D eigenvalue weighted by Crippen LogP contribution is 2.20. The lowest BCUT2D eigenvalue weighted by Gasteiger charge is -2.10. The zero-order valence-corrected chi connectivity index (χ0v) is 19.0. The SMILES string of the molecule is NS(=O)(=O)c1ccc(CCNC(=O)c2cccc(S(=O)(=O)Nc3cccc(Cl)c3)c2)cc1. The normalized spacial score (nSPS) is 11.7. The second kappa shape index (κ2) is 9.70. The van der Waals surface area contributed by atoms with Crippen molar-refractivity contribution in [1.82, 2.24) is 5.32 Å². The van der Waals surface area contributed by atoms with Crippen LogP contribution in [-0.2, 0) is 26.5 Å². The number of sulfonamides is 2. The van der Waals surface area contributed by atoms with E-state index in [4.69, 9.17) is 16.7 Å². The molecule has 11 heteroatoms. The van der Waals surface area contributed by atoms with E-state index in [-0.39, 0.29) is 21.9 Å². The topological polar surface area (TPSA) is 135 Å². The molecule has 3 aromatic rings. The Bertz CT molecular complexity index is 1340. The number of halogens is 1. The van der Waals surface area contributed by atoms with Gasteiger partial charge in [0.25, 0.3) is 15.9 Å². The zero-order chi connectivity index (χ0) is 23.4. The lowest BCUT2D eigenvalue weighted by atomic mass is 10.1. The lowest BCUT2D eigenvalue weighted by molar-refractivity contribution is 0.0954. The molecule has 0 aromatic heterocycles. The van der Waals surface area contributed by atoms with Crippen LogP contribution in [0.5, 0.6) is 0 Å². The number of benzene rings is 3. The van der Waals surface area contributed by atoms with E-state index in [1.807, 2.05) is 0 Å². The summed E-state index contributed by atoms with van der Waals surface area (Å²) in [6.07, 6.45) is 0.449. The summed E-state index contributed by atoms with van der Waals surface area (Å²) in [4.78, 5) is 12.4. The molecule has 0 bridgehead atoms. The van der Waals surface area contributed by atoms with E-state index in [9.17, 15) is 21.6 Å². The van der Waals surface area contributed by atoms with Gasteiger partial charge in [-0.1, -0.05) is 35.9 Å². The van der Waals surface area contributed by atoms with Crippen molar-refractivity contribution < 1.29 is 21.6 Å². The van der Waals surface area contributed by atoms with Gasteiger partial charge in [-0.2, -0.15) is 0 Å². The molecule has 0 aliphatic heterocycles. The van der Waals surface area contributed by atoms with E-state index < -0.39 is 26.0 Å². The number of carbonyl (C=O) groups is 1. The van der Waals surface area contributed by atoms with Crippen LogP contribution in [0.15, 0.2) is 82.6 Å². The Morgan fingerprint density at radius 2 is 1.56 bits per heavy atom. The summed E-state index contributed by atoms with van der Waals surface area (Å²) in [5.74, 6) is -0.439. The van der Waals surface area contributed by atoms with Gasteiger partial charge in [0.05, 0.1) is 15.5 Å². The average Bonchev–Trinajstić information content (AvgIpc) is 2.73. The molecular weight excluding hydrogens is 474 g/mol. The minimum Gasteiger partial charge on any atom is -0.352 e. The third-order valence-corrected chi connectivity index (χ3v) is 6.98. The number of carbonyl (C=O) groups excluding carboxylic acids is 1. The van der Waals surface area contributed by atoms with Crippen LogP contribution in [0, 0.1) is 0 Å². The average molecular weight is 494 g/mol. The molecule has 0 aliphatic rings. The molecule has 0 aliphatic carbocycles. The Kier molecular flexibility index (Phi) is 7.19. The summed E-state index contributed by atoms with van der Waals surface area (Å²) in [5.41, 5.74) is 1.30. The number of amides is 1. The van der Waals surface area contributed by atoms with E-state index in [0.29, 0.717) is 17.1 Å². The van der Waals surface area contributed by atoms with Crippen molar-refractivity contribution in [1.29, 1.82) is 0 Å². The molecule has 0 saturated carbocycles. The standard InChI is InChI=1S/C21H20ClN3O5S2/c22-17-4-2-5-18(14-17)25-32(29,30)20-6-1-3-16(13-20)21(26)24-12-11-15-7-9-19(10-8-15)31(23,27)28/h1-10,13-14,25H,11-12H2,(H,24,26)(H2,23,27,28). The Labute approximate surface area is 191 Å². The summed E-state index contributed by atoms with van der Waals surface area (Å²) in [7, 11) is -7.67. The molecule has 0 saturated heterocycles. The van der Waals surface area contributed by atoms with Crippen molar-refractivity contribution in [2.24, 2.45) is 5.14 Å². The van der Waals surface area contributed by atoms with Crippen LogP contribution in [0.3, 0.4) is 0 Å². The van der Waals surface area contributed by atoms with Gasteiger partial charge in [-0.05, 0) is 60.5 Å². The minimum atomic E-state index is -3.91. The first-order chi connectivity index (χ1) is 15.0. The number of hydrogen-bond donors (Lipinski definition) is 3. The highest BCUT2D eigenvalue weighted by Gasteiger charge is 2.17. The number of hydrogen-bond acceptors (Lipinski definition) is 5. The predicted octanol–water partition coefficient (Wildman–Crippen LogP) is 2.76. The number of anilines is 1. The monoisotopic (exact) mass is 493 g/mol. The van der Waals surface area contributed by atoms with E-state index in [2.05, 4.69) is 10.0 Å². The van der Waals surface area contributed by atoms with Crippen molar-refractivity contribution in [3.05, 3.63) is 88.9 Å². The molecule has 168 valence electrons. The summed E-state index contributed by atoms with van der Waals surface area (Å²) in [5, 5.41) is 8.17. The molecule has 0 fully saturated rings. The molecule has 0 heterocycles. The second-order valence-corrected chi connectivity index (χ2v) is 10.5. The summed E-state index contributed by atoms with van der Waals surface area (Å²) < 4.78 is 50.3. The maximum absolute atomic E-state index is 12.6. The van der Waals surface area contributed by atoms with Gasteiger partial charge in [-0.15, -0.1) is 0 Å². The summed E-state index contributed by atoms with van der Waals surface area (Å²) in [6.45, 7) is 0.269. The number of rotatable bonds is 8. The third-order valence-electron chi connectivity index (χ3n) is 4.43. The molecule has 0 spiro atoms. The Morgan fingerprint density at radius 1 is 0.875 bits per heavy atom. The fraction of sp³-hybridized carbons (Fsp3) is 0.0952. The number of nitrogens with one attached hydrogen (secondary N) is 2. The molecule has 0 radical (unpaired) electrons. The highest BCUT2D eigenvalue weighted by atomic mass is 35.5. The molecule has 1 amide bonds. The Hall–Kier alpha value is -2.92. The molecule has 3 aromatic carbocycles. The van der Waals surface area contributed by atoms with Crippen molar-refractivity contribution in [3.8, 4) is 0 Å². The van der Waals surface area contributed by atoms with E-state index in [0.717, 1.165) is 5.56 Å². The molecule has 8 nitrogen and oxygen atoms in total. The zero-order valence-electron chi connectivity index (χ0n) is 16.7. The lowest BCUT2D eigenvalue weighted by Crippen LogP contribution is -2.26. The van der Waals surface area contributed by atoms with E-state index in [1.165, 1.54) is 42.5 Å². The van der Waals surface area contributed by atoms with Crippen molar-refractivity contribution in [2.75, 3.05) is 11.3 Å². The summed E-state index contributed by atoms with van der Waals surface area (Å²) >= 11 is 5.89. The minimum absolute atomic E-state index is 0.00898. The highest BCUT2D eigenvalue weighted by molar-refractivity contribution is 7.92. The first kappa shape index (κ1) is 23.7. The van der Waals surface area contributed by atoms with Crippen LogP contribution < -0.4 is 15.2 Å². The van der Waals surface area contributed by atoms with Gasteiger partial charge in [-0.3, -0.25) is 9.52 Å². The molecule has 3 rings (SSSR count). The van der Waals surface area contributed by atoms with Gasteiger partial charge in [0.2, 0.25) is 10.0 Å². The van der Waals surface area contributed by atoms with Crippen molar-refractivity contribution >= 4 is 43.2 Å². The maximum atomic E-state index is 12.6. The number of primary sulfonamides is 1. The fourth-order valence-corrected chi connectivity index (χ4v) is 4.64. The van der Waals surface area contributed by atoms with Gasteiger partial charge in [0, 0.05) is 17.1 Å². The predicted molar refractivity (Wildman–Crippen MR) is 123 cm³/mol. The molecule has 4 N–H and O–H groups in total. The number of nitrogens with two attached hydrogens (primary N) is 1. The van der Waals surface area contributed by atoms with Gasteiger partial charge in [0.1, 0.15) is 0 Å². The fourth-order valence-electron chi connectivity index (χ4n) is 2.84. The van der Waals surface area contributed by atoms with Crippen LogP contribution in [0.2, 0.25) is 5.02 Å². The van der Waals surface area contributed by atoms with E-state index >= 15 is 0 Å². The van der Waals surface area contributed by atoms with Gasteiger partial charge in [0.15, 0.2) is 0 Å². The molecular formula is C21H20ClN3O5S2. The van der Waals surface area contributed by atoms with Crippen LogP contribution >= 0.6 is 11.6 Å². The molecule has 0 atom stereocenters. The van der Waals surface area contributed by atoms with E-state index in [1.54, 1.807) is 30.3 Å². The molecule has 0 unspecified atom stereocenters. The maximum Gasteiger partial charge on any atom is 0.261 e. The van der Waals surface area contributed by atoms with Crippen LogP contribution in [0.1, 0.15) is 15.9 Å². The first-order valence-electron chi connectivity index (χ1n) is 9.33.